The largest absolute Gasteiger partial charge is 0.384 e. The summed E-state index contributed by atoms with van der Waals surface area (Å²) in [5.41, 5.74) is 2.21. The number of hydrogen-bond donors (Lipinski definition) is 2. The zero-order valence-electron chi connectivity index (χ0n) is 16.1. The van der Waals surface area contributed by atoms with Gasteiger partial charge >= 0.3 is 0 Å². The number of piperidine rings is 1. The molecule has 28 heavy (non-hydrogen) atoms. The summed E-state index contributed by atoms with van der Waals surface area (Å²) in [5, 5.41) is 14.4. The fraction of sp³-hybridized carbons (Fsp3) is 0.280. The van der Waals surface area contributed by atoms with E-state index in [-0.39, 0.29) is 23.8 Å². The third-order valence-corrected chi connectivity index (χ3v) is 6.21. The molecule has 1 aliphatic heterocycles. The Kier molecular flexibility index (Phi) is 5.29. The quantitative estimate of drug-likeness (QED) is 0.692. The lowest BCUT2D eigenvalue weighted by molar-refractivity contribution is -0.758. The molecule has 1 saturated heterocycles. The van der Waals surface area contributed by atoms with Crippen molar-refractivity contribution in [3.63, 3.8) is 0 Å². The average Bonchev–Trinajstić information content (AvgIpc) is 2.75. The van der Waals surface area contributed by atoms with Crippen LogP contribution in [0.15, 0.2) is 84.9 Å². The highest BCUT2D eigenvalue weighted by Gasteiger charge is 2.51. The van der Waals surface area contributed by atoms with Gasteiger partial charge in [-0.2, -0.15) is 0 Å². The van der Waals surface area contributed by atoms with E-state index >= 15 is 0 Å². The molecule has 0 spiro atoms. The molecule has 0 unspecified atom stereocenters. The Hall–Kier alpha value is -2.49. The summed E-state index contributed by atoms with van der Waals surface area (Å²) >= 11 is 0. The van der Waals surface area contributed by atoms with Crippen LogP contribution in [-0.2, 0) is 5.60 Å². The molecule has 0 bridgehead atoms. The highest BCUT2D eigenvalue weighted by Crippen LogP contribution is 2.46. The van der Waals surface area contributed by atoms with Gasteiger partial charge in [0, 0.05) is 23.5 Å². The van der Waals surface area contributed by atoms with Gasteiger partial charge < -0.3 is 10.4 Å². The molecule has 1 fully saturated rings. The molecule has 3 aromatic carbocycles. The number of halogens is 1. The number of rotatable bonds is 4. The van der Waals surface area contributed by atoms with Gasteiger partial charge in [0.1, 0.15) is 23.5 Å². The van der Waals surface area contributed by atoms with Crippen LogP contribution in [0, 0.1) is 11.7 Å². The molecular weight excluding hydrogens is 349 g/mol. The molecule has 0 radical (unpaired) electrons. The number of aliphatic hydroxyl groups is 1. The van der Waals surface area contributed by atoms with E-state index < -0.39 is 5.60 Å². The molecule has 3 aromatic rings. The fourth-order valence-electron chi connectivity index (χ4n) is 4.85. The van der Waals surface area contributed by atoms with Crippen LogP contribution < -0.4 is 5.32 Å². The van der Waals surface area contributed by atoms with Crippen molar-refractivity contribution in [1.29, 1.82) is 0 Å². The van der Waals surface area contributed by atoms with Crippen molar-refractivity contribution in [2.45, 2.75) is 37.5 Å². The Labute approximate surface area is 166 Å². The van der Waals surface area contributed by atoms with Crippen LogP contribution >= 0.6 is 0 Å². The van der Waals surface area contributed by atoms with Crippen molar-refractivity contribution in [3.05, 3.63) is 107 Å². The number of quaternary nitrogens is 1. The van der Waals surface area contributed by atoms with Gasteiger partial charge in [0.2, 0.25) is 0 Å². The second-order valence-corrected chi connectivity index (χ2v) is 7.80. The predicted octanol–water partition coefficient (Wildman–Crippen LogP) is 4.49. The van der Waals surface area contributed by atoms with Gasteiger partial charge in [-0.3, -0.25) is 0 Å². The second kappa shape index (κ2) is 7.86. The molecule has 4 rings (SSSR count). The van der Waals surface area contributed by atoms with Crippen molar-refractivity contribution in [2.75, 3.05) is 0 Å². The van der Waals surface area contributed by atoms with Crippen LogP contribution in [0.2, 0.25) is 0 Å². The minimum absolute atomic E-state index is 0.0281. The van der Waals surface area contributed by atoms with Crippen molar-refractivity contribution >= 4 is 0 Å². The van der Waals surface area contributed by atoms with E-state index in [9.17, 15) is 9.50 Å². The van der Waals surface area contributed by atoms with Gasteiger partial charge in [-0.05, 0) is 24.1 Å². The van der Waals surface area contributed by atoms with Crippen LogP contribution in [0.5, 0.6) is 0 Å². The van der Waals surface area contributed by atoms with E-state index in [0.717, 1.165) is 12.0 Å². The van der Waals surface area contributed by atoms with Crippen LogP contribution in [0.1, 0.15) is 48.5 Å². The maximum absolute atomic E-state index is 13.6. The van der Waals surface area contributed by atoms with Crippen molar-refractivity contribution in [1.82, 2.24) is 0 Å². The Morgan fingerprint density at radius 1 is 0.893 bits per heavy atom. The van der Waals surface area contributed by atoms with Crippen LogP contribution in [0.4, 0.5) is 4.39 Å². The minimum atomic E-state index is -1.02. The van der Waals surface area contributed by atoms with Gasteiger partial charge in [-0.25, -0.2) is 4.39 Å². The zero-order chi connectivity index (χ0) is 19.6. The summed E-state index contributed by atoms with van der Waals surface area (Å²) in [7, 11) is 0. The number of benzene rings is 3. The average molecular weight is 376 g/mol. The molecule has 4 atom stereocenters. The lowest BCUT2D eigenvalue weighted by Gasteiger charge is -2.46. The van der Waals surface area contributed by atoms with E-state index in [2.05, 4.69) is 48.6 Å². The Bertz CT molecular complexity index is 897. The molecule has 0 aliphatic carbocycles. The first-order valence-corrected chi connectivity index (χ1v) is 10.0. The summed E-state index contributed by atoms with van der Waals surface area (Å²) in [6.07, 6.45) is 1.44. The summed E-state index contributed by atoms with van der Waals surface area (Å²) in [4.78, 5) is 0. The molecule has 2 nitrogen and oxygen atoms in total. The van der Waals surface area contributed by atoms with Gasteiger partial charge in [0.15, 0.2) is 0 Å². The standard InChI is InChI=1S/C25H26FNO/c1-2-22-24(19-11-7-4-8-12-19)27-23(18-9-5-3-6-10-18)17-25(22,28)20-13-15-21(26)16-14-20/h3-16,22-24,27-28H,2,17H2,1H3/p+1/t22-,23+,24-,25+/m1/s1. The number of nitrogens with two attached hydrogens (primary N) is 1. The van der Waals surface area contributed by atoms with Crippen molar-refractivity contribution in [2.24, 2.45) is 5.92 Å². The van der Waals surface area contributed by atoms with Crippen molar-refractivity contribution in [3.8, 4) is 0 Å². The van der Waals surface area contributed by atoms with Crippen LogP contribution in [0.3, 0.4) is 0 Å². The Balaban J connectivity index is 1.81. The maximum atomic E-state index is 13.6. The Morgan fingerprint density at radius 3 is 2.04 bits per heavy atom. The van der Waals surface area contributed by atoms with Gasteiger partial charge in [0.05, 0.1) is 0 Å². The monoisotopic (exact) mass is 376 g/mol. The van der Waals surface area contributed by atoms with Crippen LogP contribution in [-0.4, -0.2) is 5.11 Å². The molecule has 0 aromatic heterocycles. The SMILES string of the molecule is CC[C@@H]1[C@@H](c2ccccc2)[NH2+][C@H](c2ccccc2)C[C@]1(O)c1ccc(F)cc1. The lowest BCUT2D eigenvalue weighted by atomic mass is 9.67. The van der Waals surface area contributed by atoms with Gasteiger partial charge in [-0.1, -0.05) is 79.7 Å². The summed E-state index contributed by atoms with van der Waals surface area (Å²) in [6.45, 7) is 2.13. The summed E-state index contributed by atoms with van der Waals surface area (Å²) < 4.78 is 13.6. The highest BCUT2D eigenvalue weighted by molar-refractivity contribution is 5.29. The Morgan fingerprint density at radius 2 is 1.46 bits per heavy atom. The molecule has 0 amide bonds. The van der Waals surface area contributed by atoms with E-state index in [1.165, 1.54) is 23.3 Å². The normalized spacial score (nSPS) is 27.5. The first kappa shape index (κ1) is 18.9. The van der Waals surface area contributed by atoms with E-state index in [0.29, 0.717) is 6.42 Å². The molecular formula is C25H27FNO+. The predicted molar refractivity (Wildman–Crippen MR) is 109 cm³/mol. The molecule has 1 aliphatic rings. The summed E-state index contributed by atoms with van der Waals surface area (Å²) in [6, 6.07) is 27.4. The molecule has 0 saturated carbocycles. The topological polar surface area (TPSA) is 36.8 Å². The smallest absolute Gasteiger partial charge is 0.123 e. The third kappa shape index (κ3) is 3.48. The van der Waals surface area contributed by atoms with E-state index in [1.54, 1.807) is 12.1 Å². The fourth-order valence-corrected chi connectivity index (χ4v) is 4.85. The first-order chi connectivity index (χ1) is 13.6. The molecule has 1 heterocycles. The summed E-state index contributed by atoms with van der Waals surface area (Å²) in [5.74, 6) is -0.248. The van der Waals surface area contributed by atoms with E-state index in [4.69, 9.17) is 0 Å². The lowest BCUT2D eigenvalue weighted by Crippen LogP contribution is -2.91. The molecule has 3 N–H and O–H groups in total. The molecule has 3 heteroatoms. The van der Waals surface area contributed by atoms with E-state index in [1.807, 2.05) is 24.3 Å². The third-order valence-electron chi connectivity index (χ3n) is 6.21. The van der Waals surface area contributed by atoms with Gasteiger partial charge in [-0.15, -0.1) is 0 Å². The number of hydrogen-bond acceptors (Lipinski definition) is 1. The zero-order valence-corrected chi connectivity index (χ0v) is 16.1. The molecule has 144 valence electrons. The first-order valence-electron chi connectivity index (χ1n) is 10.0. The highest BCUT2D eigenvalue weighted by atomic mass is 19.1. The maximum Gasteiger partial charge on any atom is 0.123 e. The van der Waals surface area contributed by atoms with Gasteiger partial charge in [0.25, 0.3) is 0 Å². The minimum Gasteiger partial charge on any atom is -0.384 e. The van der Waals surface area contributed by atoms with Crippen LogP contribution in [0.25, 0.3) is 0 Å². The van der Waals surface area contributed by atoms with Crippen molar-refractivity contribution < 1.29 is 14.8 Å². The second-order valence-electron chi connectivity index (χ2n) is 7.80.